The van der Waals surface area contributed by atoms with Gasteiger partial charge in [-0.2, -0.15) is 0 Å². The van der Waals surface area contributed by atoms with Crippen LogP contribution in [0.2, 0.25) is 10.0 Å². The average Bonchev–Trinajstić information content (AvgIpc) is 2.55. The van der Waals surface area contributed by atoms with Crippen LogP contribution in [-0.2, 0) is 11.1 Å². The third-order valence-corrected chi connectivity index (χ3v) is 7.49. The van der Waals surface area contributed by atoms with Gasteiger partial charge in [0.2, 0.25) is 7.37 Å². The fourth-order valence-corrected chi connectivity index (χ4v) is 5.73. The van der Waals surface area contributed by atoms with Crippen molar-refractivity contribution in [1.29, 1.82) is 0 Å². The average molecular weight is 442 g/mol. The van der Waals surface area contributed by atoms with Crippen LogP contribution in [-0.4, -0.2) is 68.6 Å². The third kappa shape index (κ3) is 7.28. The first kappa shape index (κ1) is 23.1. The Morgan fingerprint density at radius 3 is 2.37 bits per heavy atom. The van der Waals surface area contributed by atoms with Gasteiger partial charge in [-0.3, -0.25) is 4.57 Å². The van der Waals surface area contributed by atoms with Gasteiger partial charge in [0.25, 0.3) is 0 Å². The van der Waals surface area contributed by atoms with Crippen molar-refractivity contribution in [3.63, 3.8) is 0 Å². The van der Waals surface area contributed by atoms with E-state index < -0.39 is 31.8 Å². The molecule has 0 radical (unpaired) electrons. The van der Waals surface area contributed by atoms with Gasteiger partial charge in [0.1, 0.15) is 6.10 Å². The second-order valence-corrected chi connectivity index (χ2v) is 10.4. The summed E-state index contributed by atoms with van der Waals surface area (Å²) in [6.45, 7) is 0.544. The lowest BCUT2D eigenvalue weighted by Gasteiger charge is -2.34. The molecule has 4 atom stereocenters. The van der Waals surface area contributed by atoms with Gasteiger partial charge in [-0.15, -0.1) is 0 Å². The van der Waals surface area contributed by atoms with Crippen LogP contribution >= 0.6 is 30.6 Å². The van der Waals surface area contributed by atoms with E-state index in [0.29, 0.717) is 16.6 Å². The van der Waals surface area contributed by atoms with Crippen LogP contribution < -0.4 is 5.32 Å². The zero-order valence-corrected chi connectivity index (χ0v) is 17.1. The number of halogens is 2. The Balaban J connectivity index is 1.77. The minimum absolute atomic E-state index is 0.113. The molecule has 0 amide bonds. The Morgan fingerprint density at radius 2 is 1.78 bits per heavy atom. The van der Waals surface area contributed by atoms with E-state index in [1.165, 1.54) is 0 Å². The minimum Gasteiger partial charge on any atom is -0.391 e. The molecule has 1 aliphatic rings. The number of benzene rings is 1. The summed E-state index contributed by atoms with van der Waals surface area (Å²) in [4.78, 5) is 10.2. The molecule has 10 heteroatoms. The minimum atomic E-state index is -3.65. The van der Waals surface area contributed by atoms with Crippen LogP contribution in [0.5, 0.6) is 0 Å². The number of nitrogens with one attached hydrogen (secondary N) is 1. The van der Waals surface area contributed by atoms with E-state index in [1.807, 2.05) is 0 Å². The molecule has 1 aromatic rings. The molecule has 1 aromatic carbocycles. The number of hydrogen-bond donors (Lipinski definition) is 6. The molecular weight excluding hydrogens is 416 g/mol. The Kier molecular flexibility index (Phi) is 8.55. The molecule has 1 saturated carbocycles. The lowest BCUT2D eigenvalue weighted by atomic mass is 9.84. The van der Waals surface area contributed by atoms with Crippen molar-refractivity contribution in [1.82, 2.24) is 5.32 Å². The first-order valence-electron chi connectivity index (χ1n) is 8.75. The van der Waals surface area contributed by atoms with Gasteiger partial charge in [0.05, 0.1) is 34.5 Å². The summed E-state index contributed by atoms with van der Waals surface area (Å²) in [6, 6.07) is 5.16. The molecule has 27 heavy (non-hydrogen) atoms. The van der Waals surface area contributed by atoms with E-state index in [2.05, 4.69) is 5.32 Å². The monoisotopic (exact) mass is 441 g/mol. The highest BCUT2D eigenvalue weighted by Gasteiger charge is 2.38. The topological polar surface area (TPSA) is 130 Å². The summed E-state index contributed by atoms with van der Waals surface area (Å²) in [5.74, 6) is -0.384. The largest absolute Gasteiger partial charge is 0.391 e. The molecule has 2 rings (SSSR count). The Labute approximate surface area is 168 Å². The van der Waals surface area contributed by atoms with E-state index >= 15 is 0 Å². The van der Waals surface area contributed by atoms with Gasteiger partial charge in [-0.1, -0.05) is 29.3 Å². The van der Waals surface area contributed by atoms with Gasteiger partial charge in [-0.05, 0) is 36.5 Å². The second kappa shape index (κ2) is 10.0. The van der Waals surface area contributed by atoms with Crippen LogP contribution in [0.1, 0.15) is 18.4 Å². The van der Waals surface area contributed by atoms with Crippen LogP contribution in [0.25, 0.3) is 0 Å². The fourth-order valence-electron chi connectivity index (χ4n) is 3.37. The van der Waals surface area contributed by atoms with E-state index in [0.717, 1.165) is 5.56 Å². The predicted octanol–water partition coefficient (Wildman–Crippen LogP) is 1.21. The molecule has 0 heterocycles. The fraction of sp³-hybridized carbons (Fsp3) is 0.647. The number of hydrogen-bond acceptors (Lipinski definition) is 6. The number of aliphatic hydroxyl groups excluding tert-OH is 4. The van der Waals surface area contributed by atoms with Gasteiger partial charge in [0, 0.05) is 19.3 Å². The summed E-state index contributed by atoms with van der Waals surface area (Å²) in [6.07, 6.45) is -4.58. The van der Waals surface area contributed by atoms with Gasteiger partial charge in [0.15, 0.2) is 0 Å². The van der Waals surface area contributed by atoms with Crippen LogP contribution in [0, 0.1) is 5.92 Å². The maximum atomic E-state index is 12.4. The molecule has 0 aliphatic heterocycles. The number of aliphatic hydroxyl groups is 4. The molecule has 0 saturated heterocycles. The molecular formula is C17H26Cl2NO6P. The lowest BCUT2D eigenvalue weighted by molar-refractivity contribution is -0.0971. The Hall–Kier alpha value is -0.210. The zero-order chi connectivity index (χ0) is 20.2. The maximum absolute atomic E-state index is 12.4. The smallest absolute Gasteiger partial charge is 0.203 e. The van der Waals surface area contributed by atoms with Crippen molar-refractivity contribution in [3.8, 4) is 0 Å². The molecule has 0 aromatic heterocycles. The SMILES string of the molecule is O=P(O)(CC1CC(O)C(O)C(O)C1)C[C@H](O)CNCc1ccc(Cl)c(Cl)c1. The molecule has 7 nitrogen and oxygen atoms in total. The highest BCUT2D eigenvalue weighted by molar-refractivity contribution is 7.58. The van der Waals surface area contributed by atoms with Gasteiger partial charge >= 0.3 is 0 Å². The van der Waals surface area contributed by atoms with E-state index in [1.54, 1.807) is 18.2 Å². The van der Waals surface area contributed by atoms with E-state index in [4.69, 9.17) is 23.2 Å². The third-order valence-electron chi connectivity index (χ3n) is 4.67. The summed E-state index contributed by atoms with van der Waals surface area (Å²) >= 11 is 11.8. The van der Waals surface area contributed by atoms with Crippen molar-refractivity contribution < 1.29 is 29.9 Å². The molecule has 1 aliphatic carbocycles. The van der Waals surface area contributed by atoms with Gasteiger partial charge in [-0.25, -0.2) is 0 Å². The second-order valence-electron chi connectivity index (χ2n) is 7.21. The molecule has 1 fully saturated rings. The molecule has 3 unspecified atom stereocenters. The maximum Gasteiger partial charge on any atom is 0.203 e. The van der Waals surface area contributed by atoms with E-state index in [9.17, 15) is 29.9 Å². The molecule has 0 bridgehead atoms. The highest BCUT2D eigenvalue weighted by atomic mass is 35.5. The summed E-state index contributed by atoms with van der Waals surface area (Å²) < 4.78 is 12.4. The summed E-state index contributed by atoms with van der Waals surface area (Å²) in [5, 5.41) is 42.9. The summed E-state index contributed by atoms with van der Waals surface area (Å²) in [5.41, 5.74) is 0.868. The van der Waals surface area contributed by atoms with Crippen molar-refractivity contribution in [3.05, 3.63) is 33.8 Å². The Bertz CT molecular complexity index is 667. The van der Waals surface area contributed by atoms with Crippen LogP contribution in [0.4, 0.5) is 0 Å². The highest BCUT2D eigenvalue weighted by Crippen LogP contribution is 2.46. The first-order chi connectivity index (χ1) is 12.6. The van der Waals surface area contributed by atoms with Crippen molar-refractivity contribution in [2.75, 3.05) is 18.9 Å². The molecule has 154 valence electrons. The van der Waals surface area contributed by atoms with Crippen molar-refractivity contribution in [2.45, 2.75) is 43.8 Å². The standard InChI is InChI=1S/C17H26Cl2NO6P/c18-13-2-1-10(3-14(13)19)6-20-7-12(21)9-27(25,26)8-11-4-15(22)17(24)16(23)5-11/h1-3,11-12,15-17,20-24H,4-9H2,(H,25,26)/t11?,12-,15?,16?,17?/m1/s1. The molecule has 0 spiro atoms. The van der Waals surface area contributed by atoms with Crippen molar-refractivity contribution in [2.24, 2.45) is 5.92 Å². The number of rotatable bonds is 8. The predicted molar refractivity (Wildman–Crippen MR) is 104 cm³/mol. The molecule has 6 N–H and O–H groups in total. The lowest BCUT2D eigenvalue weighted by Crippen LogP contribution is -2.45. The Morgan fingerprint density at radius 1 is 1.15 bits per heavy atom. The van der Waals surface area contributed by atoms with Crippen LogP contribution in [0.3, 0.4) is 0 Å². The first-order valence-corrected chi connectivity index (χ1v) is 11.5. The summed E-state index contributed by atoms with van der Waals surface area (Å²) in [7, 11) is -3.65. The zero-order valence-electron chi connectivity index (χ0n) is 14.7. The van der Waals surface area contributed by atoms with Gasteiger partial charge < -0.3 is 30.6 Å². The van der Waals surface area contributed by atoms with Crippen LogP contribution in [0.15, 0.2) is 18.2 Å². The normalized spacial score (nSPS) is 29.3. The quantitative estimate of drug-likeness (QED) is 0.334. The van der Waals surface area contributed by atoms with Crippen molar-refractivity contribution >= 4 is 30.6 Å². The van der Waals surface area contributed by atoms with E-state index in [-0.39, 0.29) is 37.6 Å².